The second-order valence-corrected chi connectivity index (χ2v) is 5.24. The van der Waals surface area contributed by atoms with E-state index in [1.165, 1.54) is 6.33 Å². The number of carbonyl (C=O) groups excluding carboxylic acids is 1. The molecule has 0 radical (unpaired) electrons. The highest BCUT2D eigenvalue weighted by molar-refractivity contribution is 5.90. The van der Waals surface area contributed by atoms with Crippen LogP contribution in [0, 0.1) is 0 Å². The number of nitrogens with zero attached hydrogens (tertiary/aromatic N) is 4. The number of carbonyl (C=O) groups is 1. The van der Waals surface area contributed by atoms with Crippen molar-refractivity contribution in [3.63, 3.8) is 0 Å². The number of aliphatic hydroxyl groups excluding tert-OH is 1. The predicted octanol–water partition coefficient (Wildman–Crippen LogP) is 0.489. The summed E-state index contributed by atoms with van der Waals surface area (Å²) in [5.41, 5.74) is 0.837. The van der Waals surface area contributed by atoms with Crippen molar-refractivity contribution in [2.75, 3.05) is 20.3 Å². The Morgan fingerprint density at radius 3 is 2.86 bits per heavy atom. The first-order valence-electron chi connectivity index (χ1n) is 7.14. The minimum atomic E-state index is -0.284. The molecule has 2 aromatic rings. The Kier molecular flexibility index (Phi) is 4.17. The monoisotopic (exact) mass is 302 g/mol. The molecule has 0 spiro atoms. The van der Waals surface area contributed by atoms with E-state index in [-0.39, 0.29) is 30.5 Å². The Morgan fingerprint density at radius 1 is 1.41 bits per heavy atom. The normalized spacial score (nSPS) is 21.3. The Morgan fingerprint density at radius 2 is 2.18 bits per heavy atom. The minimum Gasteiger partial charge on any atom is -0.394 e. The molecule has 1 amide bonds. The highest BCUT2D eigenvalue weighted by atomic mass is 16.5. The Balaban J connectivity index is 1.80. The van der Waals surface area contributed by atoms with Crippen LogP contribution in [0.15, 0.2) is 36.7 Å². The van der Waals surface area contributed by atoms with Crippen LogP contribution in [0.3, 0.4) is 0 Å². The first-order chi connectivity index (χ1) is 10.7. The molecule has 1 fully saturated rings. The van der Waals surface area contributed by atoms with Crippen molar-refractivity contribution in [3.8, 4) is 5.69 Å². The molecule has 1 aromatic carbocycles. The number of para-hydroxylation sites is 1. The smallest absolute Gasteiger partial charge is 0.293 e. The molecule has 116 valence electrons. The van der Waals surface area contributed by atoms with Crippen molar-refractivity contribution < 1.29 is 14.6 Å². The number of benzene rings is 1. The van der Waals surface area contributed by atoms with Gasteiger partial charge < -0.3 is 14.7 Å². The molecular formula is C15H18N4O3. The number of aliphatic hydroxyl groups is 1. The third-order valence-electron chi connectivity index (χ3n) is 3.88. The molecule has 7 heteroatoms. The van der Waals surface area contributed by atoms with E-state index in [9.17, 15) is 9.90 Å². The molecule has 0 aliphatic carbocycles. The van der Waals surface area contributed by atoms with Crippen molar-refractivity contribution in [1.29, 1.82) is 0 Å². The van der Waals surface area contributed by atoms with Gasteiger partial charge in [0.15, 0.2) is 0 Å². The van der Waals surface area contributed by atoms with Gasteiger partial charge in [0, 0.05) is 13.7 Å². The van der Waals surface area contributed by atoms with Crippen molar-refractivity contribution in [3.05, 3.63) is 42.5 Å². The van der Waals surface area contributed by atoms with Gasteiger partial charge in [0.2, 0.25) is 5.82 Å². The summed E-state index contributed by atoms with van der Waals surface area (Å²) in [6.07, 6.45) is 2.08. The van der Waals surface area contributed by atoms with Gasteiger partial charge in [0.05, 0.1) is 24.4 Å². The van der Waals surface area contributed by atoms with Crippen molar-refractivity contribution in [1.82, 2.24) is 19.7 Å². The molecule has 1 N–H and O–H groups in total. The highest BCUT2D eigenvalue weighted by Gasteiger charge is 2.36. The van der Waals surface area contributed by atoms with Gasteiger partial charge in [-0.15, -0.1) is 5.10 Å². The highest BCUT2D eigenvalue weighted by Crippen LogP contribution is 2.21. The quantitative estimate of drug-likeness (QED) is 0.889. The zero-order valence-corrected chi connectivity index (χ0v) is 12.3. The lowest BCUT2D eigenvalue weighted by atomic mass is 10.2. The summed E-state index contributed by atoms with van der Waals surface area (Å²) in [4.78, 5) is 18.2. The van der Waals surface area contributed by atoms with E-state index >= 15 is 0 Å². The Hall–Kier alpha value is -2.25. The number of hydrogen-bond acceptors (Lipinski definition) is 5. The minimum absolute atomic E-state index is 0.0580. The second kappa shape index (κ2) is 6.25. The van der Waals surface area contributed by atoms with Crippen molar-refractivity contribution in [2.24, 2.45) is 0 Å². The van der Waals surface area contributed by atoms with Crippen molar-refractivity contribution in [2.45, 2.75) is 18.6 Å². The predicted molar refractivity (Wildman–Crippen MR) is 78.7 cm³/mol. The number of ether oxygens (including phenoxy) is 1. The molecule has 0 saturated carbocycles. The van der Waals surface area contributed by atoms with Crippen LogP contribution in [0.5, 0.6) is 0 Å². The summed E-state index contributed by atoms with van der Waals surface area (Å²) in [6, 6.07) is 9.22. The number of aromatic nitrogens is 3. The van der Waals surface area contributed by atoms with E-state index in [1.807, 2.05) is 30.3 Å². The standard InChI is InChI=1S/C15H18N4O3/c1-22-13-7-12(9-20)18(8-13)15(21)14-16-10-19(17-14)11-5-3-2-4-6-11/h2-6,10,12-13,20H,7-9H2,1H3/t12-,13-/m0/s1. The molecule has 1 aliphatic rings. The van der Waals surface area contributed by atoms with E-state index in [1.54, 1.807) is 16.7 Å². The first-order valence-corrected chi connectivity index (χ1v) is 7.14. The molecule has 2 heterocycles. The lowest BCUT2D eigenvalue weighted by Crippen LogP contribution is -2.38. The van der Waals surface area contributed by atoms with Gasteiger partial charge in [-0.1, -0.05) is 18.2 Å². The van der Waals surface area contributed by atoms with E-state index in [0.29, 0.717) is 13.0 Å². The van der Waals surface area contributed by atoms with Gasteiger partial charge >= 0.3 is 0 Å². The van der Waals surface area contributed by atoms with Crippen LogP contribution >= 0.6 is 0 Å². The van der Waals surface area contributed by atoms with Gasteiger partial charge in [-0.05, 0) is 18.6 Å². The summed E-state index contributed by atoms with van der Waals surface area (Å²) >= 11 is 0. The van der Waals surface area contributed by atoms with Crippen LogP contribution in [0.25, 0.3) is 5.69 Å². The van der Waals surface area contributed by atoms with Gasteiger partial charge in [0.25, 0.3) is 5.91 Å². The Labute approximate surface area is 128 Å². The largest absolute Gasteiger partial charge is 0.394 e. The summed E-state index contributed by atoms with van der Waals surface area (Å²) in [6.45, 7) is 0.353. The lowest BCUT2D eigenvalue weighted by Gasteiger charge is -2.20. The molecular weight excluding hydrogens is 284 g/mol. The van der Waals surface area contributed by atoms with Crippen molar-refractivity contribution >= 4 is 5.91 Å². The van der Waals surface area contributed by atoms with Crippen LogP contribution < -0.4 is 0 Å². The maximum Gasteiger partial charge on any atom is 0.293 e. The molecule has 1 saturated heterocycles. The topological polar surface area (TPSA) is 80.5 Å². The van der Waals surface area contributed by atoms with Gasteiger partial charge in [-0.25, -0.2) is 9.67 Å². The molecule has 0 bridgehead atoms. The van der Waals surface area contributed by atoms with E-state index in [2.05, 4.69) is 10.1 Å². The van der Waals surface area contributed by atoms with E-state index in [4.69, 9.17) is 4.74 Å². The van der Waals surface area contributed by atoms with Crippen LogP contribution in [0.1, 0.15) is 17.0 Å². The zero-order valence-electron chi connectivity index (χ0n) is 12.3. The fourth-order valence-corrected chi connectivity index (χ4v) is 2.66. The summed E-state index contributed by atoms with van der Waals surface area (Å²) < 4.78 is 6.84. The molecule has 22 heavy (non-hydrogen) atoms. The molecule has 1 aliphatic heterocycles. The second-order valence-electron chi connectivity index (χ2n) is 5.24. The van der Waals surface area contributed by atoms with Crippen LogP contribution in [-0.2, 0) is 4.74 Å². The number of hydrogen-bond donors (Lipinski definition) is 1. The third kappa shape index (κ3) is 2.72. The average Bonchev–Trinajstić information content (AvgIpc) is 3.22. The van der Waals surface area contributed by atoms with E-state index < -0.39 is 0 Å². The first kappa shape index (κ1) is 14.7. The third-order valence-corrected chi connectivity index (χ3v) is 3.88. The van der Waals surface area contributed by atoms with Gasteiger partial charge in [-0.3, -0.25) is 4.79 Å². The van der Waals surface area contributed by atoms with Gasteiger partial charge in [-0.2, -0.15) is 0 Å². The molecule has 1 aromatic heterocycles. The zero-order chi connectivity index (χ0) is 15.5. The SMILES string of the molecule is CO[C@H]1C[C@@H](CO)N(C(=O)c2ncn(-c3ccccc3)n2)C1. The summed E-state index contributed by atoms with van der Waals surface area (Å²) in [5.74, 6) is -0.160. The maximum absolute atomic E-state index is 12.5. The maximum atomic E-state index is 12.5. The average molecular weight is 302 g/mol. The summed E-state index contributed by atoms with van der Waals surface area (Å²) in [7, 11) is 1.61. The number of likely N-dealkylation sites (tertiary alicyclic amines) is 1. The lowest BCUT2D eigenvalue weighted by molar-refractivity contribution is 0.0636. The number of amides is 1. The van der Waals surface area contributed by atoms with E-state index in [0.717, 1.165) is 5.69 Å². The summed E-state index contributed by atoms with van der Waals surface area (Å²) in [5, 5.41) is 13.7. The fraction of sp³-hybridized carbons (Fsp3) is 0.400. The number of methoxy groups -OCH3 is 1. The molecule has 0 unspecified atom stereocenters. The van der Waals surface area contributed by atoms with Crippen LogP contribution in [0.2, 0.25) is 0 Å². The molecule has 7 nitrogen and oxygen atoms in total. The fourth-order valence-electron chi connectivity index (χ4n) is 2.66. The van der Waals surface area contributed by atoms with Crippen LogP contribution in [0.4, 0.5) is 0 Å². The molecule has 3 rings (SSSR count). The van der Waals surface area contributed by atoms with Crippen LogP contribution in [-0.4, -0.2) is 63.1 Å². The molecule has 2 atom stereocenters. The van der Waals surface area contributed by atoms with Gasteiger partial charge in [0.1, 0.15) is 6.33 Å². The number of rotatable bonds is 4. The Bertz CT molecular complexity index is 643.